The molecule has 7 N–H and O–H groups in total. The number of aliphatic hydroxyl groups is 1. The largest absolute Gasteiger partial charge is 0.498 e. The standard InChI is InChI=1S/C27H36F3N8O7P/c1-17-7-9-26(46(41,42)43,20(13-17)44-3)37-24-32-16-19(27(28,29)30)22(35-24)36-25(45-4)8-5-10-38(11-6-12-39,18-14-33-34-15-18)21(25)23(40)31-2/h5,7-8,13-16,21,39H,6,9-12H2,1-4H3,(H5-,31,32,33,34,35,36,37,40,41,42,43)/p+1. The summed E-state index contributed by atoms with van der Waals surface area (Å²) in [6.07, 6.45) is 4.35. The maximum Gasteiger partial charge on any atom is 0.421 e. The summed E-state index contributed by atoms with van der Waals surface area (Å²) in [4.78, 5) is 42.4. The first-order chi connectivity index (χ1) is 21.6. The summed E-state index contributed by atoms with van der Waals surface area (Å²) in [5, 5.41) is 22.0. The van der Waals surface area contributed by atoms with Crippen molar-refractivity contribution in [3.05, 3.63) is 59.8 Å². The number of ether oxygens (including phenoxy) is 2. The van der Waals surface area contributed by atoms with Gasteiger partial charge in [-0.15, -0.1) is 0 Å². The first-order valence-electron chi connectivity index (χ1n) is 14.0. The minimum atomic E-state index is -5.13. The van der Waals surface area contributed by atoms with E-state index in [2.05, 4.69) is 36.1 Å². The lowest BCUT2D eigenvalue weighted by Crippen LogP contribution is -2.75. The topological polar surface area (TPSA) is 204 Å². The molecule has 46 heavy (non-hydrogen) atoms. The van der Waals surface area contributed by atoms with Crippen molar-refractivity contribution in [2.75, 3.05) is 51.6 Å². The van der Waals surface area contributed by atoms with E-state index in [4.69, 9.17) is 9.47 Å². The van der Waals surface area contributed by atoms with E-state index >= 15 is 0 Å². The molecule has 0 saturated heterocycles. The molecule has 0 fully saturated rings. The molecule has 2 aliphatic rings. The fourth-order valence-electron chi connectivity index (χ4n) is 5.91. The van der Waals surface area contributed by atoms with E-state index in [0.29, 0.717) is 17.5 Å². The Morgan fingerprint density at radius 2 is 2.00 bits per heavy atom. The third-order valence-electron chi connectivity index (χ3n) is 8.17. The predicted molar refractivity (Wildman–Crippen MR) is 161 cm³/mol. The van der Waals surface area contributed by atoms with Gasteiger partial charge in [-0.2, -0.15) is 23.3 Å². The van der Waals surface area contributed by atoms with Crippen LogP contribution in [0.3, 0.4) is 0 Å². The number of methoxy groups -OCH3 is 2. The number of aromatic amines is 1. The number of rotatable bonds is 12. The molecular weight excluding hydrogens is 636 g/mol. The van der Waals surface area contributed by atoms with Crippen LogP contribution in [-0.4, -0.2) is 99.0 Å². The SMILES string of the molecule is CNC(=O)C1C(Nc2nc(NC3(P(=O)(O)O)CC=C(C)C=C3OC)ncc2C(F)(F)F)(OC)C=CC[N+]1(CCCO)c1cn[nH]c1. The van der Waals surface area contributed by atoms with Gasteiger partial charge in [-0.3, -0.25) is 18.9 Å². The van der Waals surface area contributed by atoms with Gasteiger partial charge in [0.15, 0.2) is 5.69 Å². The van der Waals surface area contributed by atoms with Crippen LogP contribution in [0, 0.1) is 0 Å². The van der Waals surface area contributed by atoms with Gasteiger partial charge in [0.1, 0.15) is 29.9 Å². The molecule has 252 valence electrons. The average molecular weight is 674 g/mol. The summed E-state index contributed by atoms with van der Waals surface area (Å²) in [5.74, 6) is -2.20. The molecule has 1 aliphatic carbocycles. The van der Waals surface area contributed by atoms with E-state index in [1.165, 1.54) is 45.7 Å². The zero-order valence-corrected chi connectivity index (χ0v) is 26.4. The zero-order valence-electron chi connectivity index (χ0n) is 25.5. The number of allylic oxidation sites excluding steroid dienone is 2. The third kappa shape index (κ3) is 6.28. The van der Waals surface area contributed by atoms with Gasteiger partial charge in [0.2, 0.25) is 23.0 Å². The van der Waals surface area contributed by atoms with Gasteiger partial charge < -0.3 is 40.3 Å². The molecule has 0 saturated carbocycles. The molecular formula is C27H37F3N8O7P+. The van der Waals surface area contributed by atoms with Crippen molar-refractivity contribution in [1.29, 1.82) is 0 Å². The fraction of sp³-hybridized carbons (Fsp3) is 0.481. The summed E-state index contributed by atoms with van der Waals surface area (Å²) in [7, 11) is -1.35. The van der Waals surface area contributed by atoms with Crippen molar-refractivity contribution in [3.63, 3.8) is 0 Å². The lowest BCUT2D eigenvalue weighted by Gasteiger charge is -2.51. The quantitative estimate of drug-likeness (QED) is 0.0750. The third-order valence-corrected chi connectivity index (χ3v) is 9.68. The van der Waals surface area contributed by atoms with Gasteiger partial charge >= 0.3 is 13.8 Å². The van der Waals surface area contributed by atoms with E-state index in [0.717, 1.165) is 0 Å². The highest BCUT2D eigenvalue weighted by Crippen LogP contribution is 2.58. The second-order valence-electron chi connectivity index (χ2n) is 10.9. The van der Waals surface area contributed by atoms with Crippen molar-refractivity contribution >= 4 is 31.0 Å². The smallest absolute Gasteiger partial charge is 0.421 e. The van der Waals surface area contributed by atoms with Crippen molar-refractivity contribution in [1.82, 2.24) is 30.0 Å². The Labute approximate surface area is 262 Å². The summed E-state index contributed by atoms with van der Waals surface area (Å²) < 4.78 is 67.1. The number of aliphatic hydroxyl groups excluding tert-OH is 1. The van der Waals surface area contributed by atoms with Crippen LogP contribution in [0.25, 0.3) is 0 Å². The molecule has 15 nitrogen and oxygen atoms in total. The molecule has 19 heteroatoms. The number of nitrogens with one attached hydrogen (secondary N) is 4. The van der Waals surface area contributed by atoms with Crippen LogP contribution in [0.2, 0.25) is 0 Å². The number of hydrogen-bond donors (Lipinski definition) is 7. The number of H-pyrrole nitrogens is 1. The molecule has 0 bridgehead atoms. The highest BCUT2D eigenvalue weighted by Gasteiger charge is 2.59. The average Bonchev–Trinajstić information content (AvgIpc) is 3.55. The van der Waals surface area contributed by atoms with Crippen molar-refractivity contribution < 1.29 is 46.9 Å². The van der Waals surface area contributed by atoms with E-state index in [9.17, 15) is 37.4 Å². The summed E-state index contributed by atoms with van der Waals surface area (Å²) >= 11 is 0. The lowest BCUT2D eigenvalue weighted by molar-refractivity contribution is -0.137. The fourth-order valence-corrected chi connectivity index (χ4v) is 6.92. The number of amides is 1. The number of halogens is 3. The van der Waals surface area contributed by atoms with Crippen molar-refractivity contribution in [3.8, 4) is 0 Å². The van der Waals surface area contributed by atoms with Gasteiger partial charge in [-0.05, 0) is 25.2 Å². The van der Waals surface area contributed by atoms with Gasteiger partial charge in [-0.25, -0.2) is 4.98 Å². The maximum absolute atomic E-state index is 14.4. The molecule has 4 unspecified atom stereocenters. The number of aromatic nitrogens is 4. The van der Waals surface area contributed by atoms with Crippen LogP contribution in [0.4, 0.5) is 30.6 Å². The Morgan fingerprint density at radius 3 is 2.57 bits per heavy atom. The first-order valence-corrected chi connectivity index (χ1v) is 15.6. The predicted octanol–water partition coefficient (Wildman–Crippen LogP) is 2.21. The Kier molecular flexibility index (Phi) is 10.0. The molecule has 1 aliphatic heterocycles. The second-order valence-corrected chi connectivity index (χ2v) is 12.7. The molecule has 0 spiro atoms. The molecule has 4 rings (SSSR count). The normalized spacial score (nSPS) is 26.6. The number of quaternary nitrogens is 1. The summed E-state index contributed by atoms with van der Waals surface area (Å²) in [6.45, 7) is 1.81. The van der Waals surface area contributed by atoms with Gasteiger partial charge in [0, 0.05) is 39.8 Å². The van der Waals surface area contributed by atoms with Crippen LogP contribution < -0.4 is 20.4 Å². The lowest BCUT2D eigenvalue weighted by atomic mass is 9.91. The van der Waals surface area contributed by atoms with Crippen LogP contribution in [0.1, 0.15) is 25.3 Å². The first kappa shape index (κ1) is 35.1. The van der Waals surface area contributed by atoms with Crippen molar-refractivity contribution in [2.24, 2.45) is 0 Å². The van der Waals surface area contributed by atoms with Gasteiger partial charge in [0.25, 0.3) is 5.91 Å². The number of nitrogens with zero attached hydrogens (tertiary/aromatic N) is 4. The number of likely N-dealkylation sites (N-methyl/N-ethyl adjacent to an activating group) is 1. The molecule has 0 radical (unpaired) electrons. The Bertz CT molecular complexity index is 1560. The molecule has 4 atom stereocenters. The second kappa shape index (κ2) is 13.1. The molecule has 1 amide bonds. The number of anilines is 2. The number of carbonyl (C=O) groups excluding carboxylic acids is 1. The number of alkyl halides is 3. The van der Waals surface area contributed by atoms with E-state index in [1.807, 2.05) is 0 Å². The van der Waals surface area contributed by atoms with Crippen LogP contribution in [0.15, 0.2) is 54.2 Å². The Morgan fingerprint density at radius 1 is 1.26 bits per heavy atom. The highest BCUT2D eigenvalue weighted by atomic mass is 31.2. The van der Waals surface area contributed by atoms with Gasteiger partial charge in [0.05, 0.1) is 19.9 Å². The van der Waals surface area contributed by atoms with Crippen LogP contribution in [-0.2, 0) is 25.0 Å². The van der Waals surface area contributed by atoms with E-state index in [1.54, 1.807) is 19.2 Å². The van der Waals surface area contributed by atoms with Crippen LogP contribution >= 0.6 is 7.60 Å². The Balaban J connectivity index is 1.90. The van der Waals surface area contributed by atoms with Gasteiger partial charge in [-0.1, -0.05) is 11.6 Å². The minimum Gasteiger partial charge on any atom is -0.498 e. The molecule has 3 heterocycles. The van der Waals surface area contributed by atoms with E-state index in [-0.39, 0.29) is 42.8 Å². The Hall–Kier alpha value is -3.80. The summed E-state index contributed by atoms with van der Waals surface area (Å²) in [6, 6.07) is -1.31. The zero-order chi connectivity index (χ0) is 34.0. The molecule has 2 aromatic heterocycles. The highest BCUT2D eigenvalue weighted by molar-refractivity contribution is 7.54. The number of carbonyl (C=O) groups is 1. The van der Waals surface area contributed by atoms with Crippen molar-refractivity contribution in [2.45, 2.75) is 43.0 Å². The summed E-state index contributed by atoms with van der Waals surface area (Å²) in [5.41, 5.74) is -2.18. The molecule has 0 aromatic carbocycles. The number of hydrogen-bond acceptors (Lipinski definition) is 10. The maximum atomic E-state index is 14.4. The molecule has 2 aromatic rings. The monoisotopic (exact) mass is 673 g/mol. The minimum absolute atomic E-state index is 0.165. The van der Waals surface area contributed by atoms with Crippen LogP contribution in [0.5, 0.6) is 0 Å². The van der Waals surface area contributed by atoms with E-state index < -0.39 is 54.1 Å².